The highest BCUT2D eigenvalue weighted by Gasteiger charge is 2.03. The van der Waals surface area contributed by atoms with Crippen molar-refractivity contribution in [3.8, 4) is 0 Å². The molecular formula is C13H20. The van der Waals surface area contributed by atoms with E-state index in [-0.39, 0.29) is 0 Å². The molecule has 0 aromatic heterocycles. The van der Waals surface area contributed by atoms with E-state index in [2.05, 4.69) is 45.9 Å². The summed E-state index contributed by atoms with van der Waals surface area (Å²) >= 11 is 0. The quantitative estimate of drug-likeness (QED) is 0.658. The van der Waals surface area contributed by atoms with Gasteiger partial charge < -0.3 is 0 Å². The molecular weight excluding hydrogens is 156 g/mol. The number of benzene rings is 1. The lowest BCUT2D eigenvalue weighted by Gasteiger charge is -2.11. The van der Waals surface area contributed by atoms with Crippen molar-refractivity contribution in [2.24, 2.45) is 5.92 Å². The third-order valence-corrected chi connectivity index (χ3v) is 2.37. The lowest BCUT2D eigenvalue weighted by Crippen LogP contribution is -1.99. The highest BCUT2D eigenvalue weighted by molar-refractivity contribution is 5.31. The first-order valence-electron chi connectivity index (χ1n) is 5.22. The van der Waals surface area contributed by atoms with Crippen LogP contribution in [-0.2, 0) is 12.8 Å². The Morgan fingerprint density at radius 2 is 1.85 bits per heavy atom. The lowest BCUT2D eigenvalue weighted by molar-refractivity contribution is 0.643. The fourth-order valence-electron chi connectivity index (χ4n) is 1.73. The standard InChI is InChI=1S/C13H20/c1-5-12-7-6-11(4)9-13(12)8-10(2)3/h6-7,9-10H,5,8H2,1-4H3. The van der Waals surface area contributed by atoms with E-state index in [9.17, 15) is 0 Å². The van der Waals surface area contributed by atoms with Crippen LogP contribution < -0.4 is 0 Å². The van der Waals surface area contributed by atoms with E-state index in [1.807, 2.05) is 0 Å². The minimum atomic E-state index is 0.757. The Morgan fingerprint density at radius 3 is 2.38 bits per heavy atom. The summed E-state index contributed by atoms with van der Waals surface area (Å²) in [5.41, 5.74) is 4.43. The van der Waals surface area contributed by atoms with Crippen molar-refractivity contribution in [3.63, 3.8) is 0 Å². The van der Waals surface area contributed by atoms with E-state index in [0.29, 0.717) is 0 Å². The molecule has 0 heterocycles. The van der Waals surface area contributed by atoms with Crippen LogP contribution in [0.1, 0.15) is 37.5 Å². The molecule has 0 atom stereocenters. The van der Waals surface area contributed by atoms with E-state index in [1.165, 1.54) is 23.1 Å². The van der Waals surface area contributed by atoms with E-state index < -0.39 is 0 Å². The first kappa shape index (κ1) is 10.3. The SMILES string of the molecule is CCc1ccc(C)cc1CC(C)C. The molecule has 0 nitrogen and oxygen atoms in total. The van der Waals surface area contributed by atoms with Crippen molar-refractivity contribution >= 4 is 0 Å². The average Bonchev–Trinajstić information content (AvgIpc) is 2.03. The Labute approximate surface area is 82.0 Å². The molecule has 0 fully saturated rings. The van der Waals surface area contributed by atoms with E-state index in [0.717, 1.165) is 12.3 Å². The summed E-state index contributed by atoms with van der Waals surface area (Å²) in [4.78, 5) is 0. The molecule has 0 heteroatoms. The zero-order chi connectivity index (χ0) is 9.84. The third kappa shape index (κ3) is 2.87. The first-order valence-corrected chi connectivity index (χ1v) is 5.22. The zero-order valence-electron chi connectivity index (χ0n) is 9.22. The fraction of sp³-hybridized carbons (Fsp3) is 0.538. The second-order valence-corrected chi connectivity index (χ2v) is 4.22. The van der Waals surface area contributed by atoms with Gasteiger partial charge in [0.05, 0.1) is 0 Å². The Kier molecular flexibility index (Phi) is 3.53. The van der Waals surface area contributed by atoms with Gasteiger partial charge in [0.25, 0.3) is 0 Å². The number of aryl methyl sites for hydroxylation is 2. The molecule has 0 aliphatic heterocycles. The Hall–Kier alpha value is -0.780. The van der Waals surface area contributed by atoms with Crippen LogP contribution >= 0.6 is 0 Å². The summed E-state index contributed by atoms with van der Waals surface area (Å²) in [6.45, 7) is 8.96. The van der Waals surface area contributed by atoms with Crippen LogP contribution in [0.2, 0.25) is 0 Å². The Bertz CT molecular complexity index is 271. The monoisotopic (exact) mass is 176 g/mol. The first-order chi connectivity index (χ1) is 6.13. The fourth-order valence-corrected chi connectivity index (χ4v) is 1.73. The molecule has 1 rings (SSSR count). The van der Waals surface area contributed by atoms with Gasteiger partial charge in [-0.1, -0.05) is 44.5 Å². The van der Waals surface area contributed by atoms with Gasteiger partial charge >= 0.3 is 0 Å². The van der Waals surface area contributed by atoms with E-state index in [1.54, 1.807) is 0 Å². The topological polar surface area (TPSA) is 0 Å². The van der Waals surface area contributed by atoms with Crippen LogP contribution in [0, 0.1) is 12.8 Å². The third-order valence-electron chi connectivity index (χ3n) is 2.37. The predicted molar refractivity (Wildman–Crippen MR) is 59.1 cm³/mol. The van der Waals surface area contributed by atoms with Crippen LogP contribution in [0.3, 0.4) is 0 Å². The van der Waals surface area contributed by atoms with Gasteiger partial charge in [0, 0.05) is 0 Å². The van der Waals surface area contributed by atoms with Crippen LogP contribution in [0.4, 0.5) is 0 Å². The van der Waals surface area contributed by atoms with Gasteiger partial charge in [0.2, 0.25) is 0 Å². The van der Waals surface area contributed by atoms with Crippen molar-refractivity contribution in [3.05, 3.63) is 34.9 Å². The molecule has 0 saturated carbocycles. The molecule has 72 valence electrons. The number of hydrogen-bond acceptors (Lipinski definition) is 0. The molecule has 0 radical (unpaired) electrons. The lowest BCUT2D eigenvalue weighted by atomic mass is 9.95. The largest absolute Gasteiger partial charge is 0.0625 e. The van der Waals surface area contributed by atoms with Crippen molar-refractivity contribution < 1.29 is 0 Å². The molecule has 1 aromatic rings. The normalized spacial score (nSPS) is 10.8. The molecule has 0 N–H and O–H groups in total. The van der Waals surface area contributed by atoms with Crippen molar-refractivity contribution in [1.29, 1.82) is 0 Å². The van der Waals surface area contributed by atoms with Gasteiger partial charge in [-0.3, -0.25) is 0 Å². The van der Waals surface area contributed by atoms with Crippen molar-refractivity contribution in [2.75, 3.05) is 0 Å². The molecule has 0 saturated heterocycles. The highest BCUT2D eigenvalue weighted by atomic mass is 14.1. The molecule has 0 amide bonds. The second-order valence-electron chi connectivity index (χ2n) is 4.22. The van der Waals surface area contributed by atoms with Crippen LogP contribution in [0.5, 0.6) is 0 Å². The molecule has 0 aliphatic carbocycles. The highest BCUT2D eigenvalue weighted by Crippen LogP contribution is 2.16. The summed E-state index contributed by atoms with van der Waals surface area (Å²) in [6.07, 6.45) is 2.37. The summed E-state index contributed by atoms with van der Waals surface area (Å²) in [5, 5.41) is 0. The van der Waals surface area contributed by atoms with Crippen LogP contribution in [0.25, 0.3) is 0 Å². The number of hydrogen-bond donors (Lipinski definition) is 0. The van der Waals surface area contributed by atoms with Crippen LogP contribution in [0.15, 0.2) is 18.2 Å². The van der Waals surface area contributed by atoms with Crippen LogP contribution in [-0.4, -0.2) is 0 Å². The van der Waals surface area contributed by atoms with Crippen molar-refractivity contribution in [1.82, 2.24) is 0 Å². The second kappa shape index (κ2) is 4.45. The summed E-state index contributed by atoms with van der Waals surface area (Å²) < 4.78 is 0. The maximum absolute atomic E-state index is 2.33. The van der Waals surface area contributed by atoms with Gasteiger partial charge in [0.15, 0.2) is 0 Å². The smallest absolute Gasteiger partial charge is 0.0253 e. The molecule has 0 unspecified atom stereocenters. The van der Waals surface area contributed by atoms with Gasteiger partial charge in [-0.2, -0.15) is 0 Å². The van der Waals surface area contributed by atoms with Crippen molar-refractivity contribution in [2.45, 2.75) is 40.5 Å². The molecule has 0 spiro atoms. The average molecular weight is 176 g/mol. The summed E-state index contributed by atoms with van der Waals surface area (Å²) in [5.74, 6) is 0.757. The Balaban J connectivity index is 2.94. The molecule has 0 bridgehead atoms. The van der Waals surface area contributed by atoms with E-state index >= 15 is 0 Å². The van der Waals surface area contributed by atoms with Gasteiger partial charge in [0.1, 0.15) is 0 Å². The van der Waals surface area contributed by atoms with E-state index in [4.69, 9.17) is 0 Å². The molecule has 13 heavy (non-hydrogen) atoms. The maximum Gasteiger partial charge on any atom is -0.0253 e. The van der Waals surface area contributed by atoms with Gasteiger partial charge in [-0.05, 0) is 36.8 Å². The minimum Gasteiger partial charge on any atom is -0.0625 e. The molecule has 0 aliphatic rings. The minimum absolute atomic E-state index is 0.757. The van der Waals surface area contributed by atoms with Gasteiger partial charge in [-0.25, -0.2) is 0 Å². The zero-order valence-corrected chi connectivity index (χ0v) is 9.22. The maximum atomic E-state index is 2.33. The van der Waals surface area contributed by atoms with Gasteiger partial charge in [-0.15, -0.1) is 0 Å². The Morgan fingerprint density at radius 1 is 1.15 bits per heavy atom. The predicted octanol–water partition coefficient (Wildman–Crippen LogP) is 3.76. The summed E-state index contributed by atoms with van der Waals surface area (Å²) in [6, 6.07) is 6.81. The molecule has 1 aromatic carbocycles. The number of rotatable bonds is 3. The summed E-state index contributed by atoms with van der Waals surface area (Å²) in [7, 11) is 0.